The maximum atomic E-state index is 11.9. The molecule has 1 aliphatic heterocycles. The first-order chi connectivity index (χ1) is 8.72. The van der Waals surface area contributed by atoms with Crippen LogP contribution in [0.5, 0.6) is 0 Å². The van der Waals surface area contributed by atoms with Crippen LogP contribution in [-0.4, -0.2) is 32.1 Å². The van der Waals surface area contributed by atoms with Gasteiger partial charge >= 0.3 is 0 Å². The minimum atomic E-state index is -0.552. The number of imidazole rings is 1. The molecule has 0 spiro atoms. The van der Waals surface area contributed by atoms with Gasteiger partial charge in [-0.3, -0.25) is 9.20 Å². The molecule has 7 nitrogen and oxygen atoms in total. The summed E-state index contributed by atoms with van der Waals surface area (Å²) in [6, 6.07) is 0. The van der Waals surface area contributed by atoms with Gasteiger partial charge in [0.05, 0.1) is 17.6 Å². The molecule has 1 unspecified atom stereocenters. The van der Waals surface area contributed by atoms with E-state index in [4.69, 9.17) is 4.84 Å². The lowest BCUT2D eigenvalue weighted by Gasteiger charge is -2.09. The van der Waals surface area contributed by atoms with Crippen molar-refractivity contribution in [2.75, 3.05) is 5.32 Å². The van der Waals surface area contributed by atoms with E-state index >= 15 is 0 Å². The number of anilines is 1. The summed E-state index contributed by atoms with van der Waals surface area (Å²) in [6.45, 7) is 1.83. The number of nitrogens with one attached hydrogen (secondary N) is 1. The Morgan fingerprint density at radius 2 is 2.44 bits per heavy atom. The average molecular weight is 245 g/mol. The molecule has 0 saturated heterocycles. The molecule has 3 heterocycles. The average Bonchev–Trinajstić information content (AvgIpc) is 2.96. The van der Waals surface area contributed by atoms with Crippen LogP contribution in [0.3, 0.4) is 0 Å². The van der Waals surface area contributed by atoms with Gasteiger partial charge in [-0.15, -0.1) is 0 Å². The second-order valence-electron chi connectivity index (χ2n) is 4.09. The highest BCUT2D eigenvalue weighted by Crippen LogP contribution is 2.13. The van der Waals surface area contributed by atoms with Crippen LogP contribution in [0.15, 0.2) is 29.9 Å². The number of carbonyl (C=O) groups is 1. The topological polar surface area (TPSA) is 80.9 Å². The van der Waals surface area contributed by atoms with Crippen LogP contribution in [0.1, 0.15) is 13.3 Å². The Labute approximate surface area is 102 Å². The van der Waals surface area contributed by atoms with E-state index in [9.17, 15) is 4.79 Å². The Kier molecular flexibility index (Phi) is 2.44. The zero-order valence-corrected chi connectivity index (χ0v) is 9.70. The number of oxime groups is 1. The lowest BCUT2D eigenvalue weighted by Crippen LogP contribution is -2.27. The molecule has 92 valence electrons. The second kappa shape index (κ2) is 4.10. The van der Waals surface area contributed by atoms with E-state index in [1.54, 1.807) is 29.2 Å². The Morgan fingerprint density at radius 1 is 1.56 bits per heavy atom. The molecule has 2 aromatic heterocycles. The smallest absolute Gasteiger partial charge is 0.268 e. The fourth-order valence-corrected chi connectivity index (χ4v) is 1.74. The van der Waals surface area contributed by atoms with E-state index < -0.39 is 6.10 Å². The molecule has 0 aliphatic carbocycles. The Bertz CT molecular complexity index is 633. The summed E-state index contributed by atoms with van der Waals surface area (Å²) in [7, 11) is 0. The Morgan fingerprint density at radius 3 is 3.22 bits per heavy atom. The molecule has 1 N–H and O–H groups in total. The molecule has 0 fully saturated rings. The molecule has 2 aromatic rings. The number of nitrogens with zero attached hydrogens (tertiary/aromatic N) is 4. The minimum Gasteiger partial charge on any atom is -0.382 e. The van der Waals surface area contributed by atoms with E-state index in [2.05, 4.69) is 20.4 Å². The summed E-state index contributed by atoms with van der Waals surface area (Å²) in [6.07, 6.45) is 6.68. The van der Waals surface area contributed by atoms with Gasteiger partial charge in [-0.2, -0.15) is 0 Å². The lowest BCUT2D eigenvalue weighted by molar-refractivity contribution is -0.125. The predicted molar refractivity (Wildman–Crippen MR) is 64.2 cm³/mol. The molecule has 7 heteroatoms. The minimum absolute atomic E-state index is 0.225. The van der Waals surface area contributed by atoms with Gasteiger partial charge in [0, 0.05) is 25.0 Å². The first kappa shape index (κ1) is 10.7. The van der Waals surface area contributed by atoms with E-state index in [-0.39, 0.29) is 5.91 Å². The highest BCUT2D eigenvalue weighted by molar-refractivity contribution is 5.98. The number of hydrogen-bond donors (Lipinski definition) is 1. The molecule has 1 amide bonds. The normalized spacial score (nSPS) is 18.5. The van der Waals surface area contributed by atoms with Crippen molar-refractivity contribution in [3.05, 3.63) is 24.8 Å². The van der Waals surface area contributed by atoms with E-state index in [0.717, 1.165) is 5.71 Å². The monoisotopic (exact) mass is 245 g/mol. The Hall–Kier alpha value is -2.44. The zero-order chi connectivity index (χ0) is 12.5. The number of fused-ring (bicyclic) bond motifs is 1. The summed E-state index contributed by atoms with van der Waals surface area (Å²) < 4.78 is 1.73. The van der Waals surface area contributed by atoms with E-state index in [1.165, 1.54) is 0 Å². The zero-order valence-electron chi connectivity index (χ0n) is 9.70. The quantitative estimate of drug-likeness (QED) is 0.849. The van der Waals surface area contributed by atoms with Crippen LogP contribution in [0, 0.1) is 0 Å². The van der Waals surface area contributed by atoms with E-state index in [0.29, 0.717) is 17.9 Å². The number of rotatable bonds is 2. The fraction of sp³-hybridized carbons (Fsp3) is 0.273. The molecule has 0 saturated carbocycles. The van der Waals surface area contributed by atoms with Gasteiger partial charge in [-0.05, 0) is 6.92 Å². The van der Waals surface area contributed by atoms with Crippen LogP contribution in [0.2, 0.25) is 0 Å². The highest BCUT2D eigenvalue weighted by atomic mass is 16.6. The second-order valence-corrected chi connectivity index (χ2v) is 4.09. The van der Waals surface area contributed by atoms with Crippen molar-refractivity contribution < 1.29 is 9.63 Å². The molecule has 1 aliphatic rings. The van der Waals surface area contributed by atoms with Crippen LogP contribution in [-0.2, 0) is 9.63 Å². The van der Waals surface area contributed by atoms with Gasteiger partial charge in [0.1, 0.15) is 0 Å². The molecule has 3 rings (SSSR count). The number of aromatic nitrogens is 3. The molecule has 0 bridgehead atoms. The molecule has 0 radical (unpaired) electrons. The van der Waals surface area contributed by atoms with Crippen LogP contribution in [0.25, 0.3) is 5.78 Å². The third-order valence-electron chi connectivity index (χ3n) is 2.62. The number of amides is 1. The molecule has 0 aromatic carbocycles. The maximum absolute atomic E-state index is 11.9. The maximum Gasteiger partial charge on any atom is 0.268 e. The molecular formula is C11H11N5O2. The third kappa shape index (κ3) is 1.90. The highest BCUT2D eigenvalue weighted by Gasteiger charge is 2.26. The fourth-order valence-electron chi connectivity index (χ4n) is 1.74. The number of carbonyl (C=O) groups excluding carboxylic acids is 1. The number of hydrogen-bond acceptors (Lipinski definition) is 5. The van der Waals surface area contributed by atoms with Crippen molar-refractivity contribution >= 4 is 23.1 Å². The van der Waals surface area contributed by atoms with Crippen molar-refractivity contribution in [2.45, 2.75) is 19.4 Å². The first-order valence-corrected chi connectivity index (χ1v) is 5.51. The van der Waals surface area contributed by atoms with Crippen molar-refractivity contribution in [1.82, 2.24) is 14.4 Å². The molecular weight excluding hydrogens is 234 g/mol. The molecule has 18 heavy (non-hydrogen) atoms. The largest absolute Gasteiger partial charge is 0.382 e. The van der Waals surface area contributed by atoms with E-state index in [1.807, 2.05) is 6.92 Å². The van der Waals surface area contributed by atoms with Crippen molar-refractivity contribution in [2.24, 2.45) is 5.16 Å². The van der Waals surface area contributed by atoms with Gasteiger partial charge in [-0.25, -0.2) is 9.97 Å². The predicted octanol–water partition coefficient (Wildman–Crippen LogP) is 0.833. The SMILES string of the molecule is CC1=NOC(C(=O)Nc2cnc3nccn3c2)C1. The van der Waals surface area contributed by atoms with Crippen molar-refractivity contribution in [3.8, 4) is 0 Å². The standard InChI is InChI=1S/C11H11N5O2/c1-7-4-9(18-15-7)10(17)14-8-5-13-11-12-2-3-16(11)6-8/h2-3,5-6,9H,4H2,1H3,(H,14,17). The van der Waals surface area contributed by atoms with Crippen LogP contribution in [0.4, 0.5) is 5.69 Å². The van der Waals surface area contributed by atoms with Crippen LogP contribution >= 0.6 is 0 Å². The first-order valence-electron chi connectivity index (χ1n) is 5.51. The lowest BCUT2D eigenvalue weighted by atomic mass is 10.2. The summed E-state index contributed by atoms with van der Waals surface area (Å²) >= 11 is 0. The van der Waals surface area contributed by atoms with Crippen LogP contribution < -0.4 is 5.32 Å². The Balaban J connectivity index is 1.74. The van der Waals surface area contributed by atoms with Gasteiger partial charge in [0.25, 0.3) is 5.91 Å². The van der Waals surface area contributed by atoms with Crippen molar-refractivity contribution in [1.29, 1.82) is 0 Å². The third-order valence-corrected chi connectivity index (χ3v) is 2.62. The molecule has 1 atom stereocenters. The summed E-state index contributed by atoms with van der Waals surface area (Å²) in [5.41, 5.74) is 1.41. The van der Waals surface area contributed by atoms with Crippen molar-refractivity contribution in [3.63, 3.8) is 0 Å². The van der Waals surface area contributed by atoms with Gasteiger partial charge in [-0.1, -0.05) is 5.16 Å². The van der Waals surface area contributed by atoms with Gasteiger partial charge < -0.3 is 10.2 Å². The summed E-state index contributed by atoms with van der Waals surface area (Å²) in [5.74, 6) is 0.362. The van der Waals surface area contributed by atoms with Gasteiger partial charge in [0.2, 0.25) is 11.9 Å². The summed E-state index contributed by atoms with van der Waals surface area (Å²) in [5, 5.41) is 6.48. The van der Waals surface area contributed by atoms with Gasteiger partial charge in [0.15, 0.2) is 0 Å². The summed E-state index contributed by atoms with van der Waals surface area (Å²) in [4.78, 5) is 25.0.